The highest BCUT2D eigenvalue weighted by Gasteiger charge is 2.23. The molecule has 0 bridgehead atoms. The van der Waals surface area contributed by atoms with E-state index in [4.69, 9.17) is 9.47 Å². The smallest absolute Gasteiger partial charge is 0.234 e. The van der Waals surface area contributed by atoms with Crippen molar-refractivity contribution in [3.63, 3.8) is 0 Å². The lowest BCUT2D eigenvalue weighted by Gasteiger charge is -2.37. The Hall–Kier alpha value is -2.64. The van der Waals surface area contributed by atoms with Crippen molar-refractivity contribution in [1.82, 2.24) is 20.1 Å². The highest BCUT2D eigenvalue weighted by molar-refractivity contribution is 5.78. The maximum atomic E-state index is 12.2. The van der Waals surface area contributed by atoms with Crippen molar-refractivity contribution in [1.29, 1.82) is 0 Å². The van der Waals surface area contributed by atoms with Gasteiger partial charge in [-0.15, -0.1) is 0 Å². The van der Waals surface area contributed by atoms with E-state index in [2.05, 4.69) is 33.1 Å². The molecule has 1 aliphatic rings. The van der Waals surface area contributed by atoms with Crippen LogP contribution in [0.2, 0.25) is 0 Å². The molecule has 1 saturated heterocycles. The number of amides is 1. The van der Waals surface area contributed by atoms with Crippen LogP contribution in [0.1, 0.15) is 25.5 Å². The van der Waals surface area contributed by atoms with Crippen molar-refractivity contribution >= 4 is 5.91 Å². The summed E-state index contributed by atoms with van der Waals surface area (Å²) in [5, 5.41) is 2.94. The quantitative estimate of drug-likeness (QED) is 0.605. The van der Waals surface area contributed by atoms with E-state index in [1.807, 2.05) is 43.5 Å². The Balaban J connectivity index is 1.30. The molecule has 0 saturated carbocycles. The average Bonchev–Trinajstić information content (AvgIpc) is 2.79. The van der Waals surface area contributed by atoms with Crippen LogP contribution in [0, 0.1) is 0 Å². The third-order valence-corrected chi connectivity index (χ3v) is 5.32. The first kappa shape index (κ1) is 22.1. The Bertz CT molecular complexity index is 762. The number of carbonyl (C=O) groups excluding carboxylic acids is 1. The maximum Gasteiger partial charge on any atom is 0.234 e. The molecule has 0 spiro atoms. The van der Waals surface area contributed by atoms with Gasteiger partial charge in [0.15, 0.2) is 0 Å². The van der Waals surface area contributed by atoms with Gasteiger partial charge in [-0.2, -0.15) is 0 Å². The van der Waals surface area contributed by atoms with Crippen LogP contribution in [0.5, 0.6) is 11.5 Å². The number of ether oxygens (including phenoxy) is 2. The summed E-state index contributed by atoms with van der Waals surface area (Å²) in [5.41, 5.74) is 1.23. The first-order valence-electron chi connectivity index (χ1n) is 10.6. The second-order valence-corrected chi connectivity index (χ2v) is 7.38. The molecule has 1 aromatic heterocycles. The van der Waals surface area contributed by atoms with E-state index in [0.717, 1.165) is 37.7 Å². The first-order chi connectivity index (χ1) is 14.7. The molecule has 1 aliphatic heterocycles. The Morgan fingerprint density at radius 3 is 2.43 bits per heavy atom. The second-order valence-electron chi connectivity index (χ2n) is 7.38. The third kappa shape index (κ3) is 6.71. The van der Waals surface area contributed by atoms with Gasteiger partial charge < -0.3 is 14.8 Å². The summed E-state index contributed by atoms with van der Waals surface area (Å²) in [6, 6.07) is 11.9. The Morgan fingerprint density at radius 2 is 1.80 bits per heavy atom. The van der Waals surface area contributed by atoms with Crippen LogP contribution in [0.15, 0.2) is 48.8 Å². The van der Waals surface area contributed by atoms with Crippen molar-refractivity contribution in [2.75, 3.05) is 52.5 Å². The predicted molar refractivity (Wildman–Crippen MR) is 117 cm³/mol. The molecule has 1 aromatic carbocycles. The number of aromatic nitrogens is 1. The highest BCUT2D eigenvalue weighted by Crippen LogP contribution is 2.20. The topological polar surface area (TPSA) is 66.9 Å². The van der Waals surface area contributed by atoms with E-state index in [9.17, 15) is 4.79 Å². The summed E-state index contributed by atoms with van der Waals surface area (Å²) in [5.74, 6) is 1.64. The molecule has 7 nitrogen and oxygen atoms in total. The van der Waals surface area contributed by atoms with Gasteiger partial charge in [-0.25, -0.2) is 0 Å². The average molecular weight is 413 g/mol. The lowest BCUT2D eigenvalue weighted by Crippen LogP contribution is -2.50. The summed E-state index contributed by atoms with van der Waals surface area (Å²) in [7, 11) is 0. The lowest BCUT2D eigenvalue weighted by molar-refractivity contribution is -0.122. The van der Waals surface area contributed by atoms with Gasteiger partial charge in [0.05, 0.1) is 19.7 Å². The molecule has 7 heteroatoms. The molecule has 1 N–H and O–H groups in total. The number of benzene rings is 1. The Kier molecular flexibility index (Phi) is 8.47. The minimum absolute atomic E-state index is 0.0408. The molecule has 0 aliphatic carbocycles. The molecular weight excluding hydrogens is 380 g/mol. The molecule has 0 radical (unpaired) electrons. The van der Waals surface area contributed by atoms with Gasteiger partial charge >= 0.3 is 0 Å². The zero-order valence-corrected chi connectivity index (χ0v) is 17.9. The minimum Gasteiger partial charge on any atom is -0.494 e. The van der Waals surface area contributed by atoms with Crippen LogP contribution in [0.4, 0.5) is 0 Å². The van der Waals surface area contributed by atoms with Crippen LogP contribution in [0.3, 0.4) is 0 Å². The number of pyridine rings is 1. The van der Waals surface area contributed by atoms with Crippen LogP contribution < -0.4 is 14.8 Å². The summed E-state index contributed by atoms with van der Waals surface area (Å²) in [4.78, 5) is 21.1. The number of hydrogen-bond donors (Lipinski definition) is 1. The number of rotatable bonds is 10. The van der Waals surface area contributed by atoms with Gasteiger partial charge in [0.2, 0.25) is 5.91 Å². The Morgan fingerprint density at radius 1 is 1.10 bits per heavy atom. The SMILES string of the molecule is CCOc1ccc(OCCNC(=O)CN2CCN(C(C)c3cccnc3)CC2)cc1. The summed E-state index contributed by atoms with van der Waals surface area (Å²) >= 11 is 0. The number of hydrogen-bond acceptors (Lipinski definition) is 6. The van der Waals surface area contributed by atoms with Crippen LogP contribution in [-0.2, 0) is 4.79 Å². The molecule has 2 aromatic rings. The number of piperazine rings is 1. The molecule has 30 heavy (non-hydrogen) atoms. The third-order valence-electron chi connectivity index (χ3n) is 5.32. The van der Waals surface area contributed by atoms with Crippen molar-refractivity contribution < 1.29 is 14.3 Å². The number of nitrogens with zero attached hydrogens (tertiary/aromatic N) is 3. The standard InChI is InChI=1S/C23H32N4O3/c1-3-29-21-6-8-22(9-7-21)30-16-11-25-23(28)18-26-12-14-27(15-13-26)19(2)20-5-4-10-24-17-20/h4-10,17,19H,3,11-16,18H2,1-2H3,(H,25,28). The van der Waals surface area contributed by atoms with E-state index >= 15 is 0 Å². The zero-order valence-electron chi connectivity index (χ0n) is 17.9. The molecule has 1 amide bonds. The maximum absolute atomic E-state index is 12.2. The highest BCUT2D eigenvalue weighted by atomic mass is 16.5. The fraction of sp³-hybridized carbons (Fsp3) is 0.478. The van der Waals surface area contributed by atoms with Crippen molar-refractivity contribution in [3.05, 3.63) is 54.4 Å². The molecular formula is C23H32N4O3. The summed E-state index contributed by atoms with van der Waals surface area (Å²) in [6.45, 7) is 9.85. The molecule has 3 rings (SSSR count). The molecule has 162 valence electrons. The largest absolute Gasteiger partial charge is 0.494 e. The van der Waals surface area contributed by atoms with Gasteiger partial charge in [0, 0.05) is 44.6 Å². The van der Waals surface area contributed by atoms with Crippen molar-refractivity contribution in [3.8, 4) is 11.5 Å². The molecule has 1 fully saturated rings. The normalized spacial score (nSPS) is 16.1. The van der Waals surface area contributed by atoms with E-state index in [-0.39, 0.29) is 5.91 Å². The summed E-state index contributed by atoms with van der Waals surface area (Å²) < 4.78 is 11.1. The van der Waals surface area contributed by atoms with E-state index in [1.165, 1.54) is 5.56 Å². The number of carbonyl (C=O) groups is 1. The van der Waals surface area contributed by atoms with Gasteiger partial charge in [-0.05, 0) is 49.7 Å². The van der Waals surface area contributed by atoms with Gasteiger partial charge in [0.25, 0.3) is 0 Å². The van der Waals surface area contributed by atoms with E-state index < -0.39 is 0 Å². The van der Waals surface area contributed by atoms with Crippen molar-refractivity contribution in [2.24, 2.45) is 0 Å². The lowest BCUT2D eigenvalue weighted by atomic mass is 10.1. The van der Waals surface area contributed by atoms with Crippen LogP contribution in [-0.4, -0.2) is 73.2 Å². The monoisotopic (exact) mass is 412 g/mol. The van der Waals surface area contributed by atoms with Gasteiger partial charge in [-0.1, -0.05) is 6.07 Å². The fourth-order valence-electron chi connectivity index (χ4n) is 3.56. The predicted octanol–water partition coefficient (Wildman–Crippen LogP) is 2.35. The van der Waals surface area contributed by atoms with Gasteiger partial charge in [-0.3, -0.25) is 19.6 Å². The summed E-state index contributed by atoms with van der Waals surface area (Å²) in [6.07, 6.45) is 3.73. The first-order valence-corrected chi connectivity index (χ1v) is 10.6. The zero-order chi connectivity index (χ0) is 21.2. The Labute approximate surface area is 179 Å². The minimum atomic E-state index is 0.0408. The fourth-order valence-corrected chi connectivity index (χ4v) is 3.56. The molecule has 1 unspecified atom stereocenters. The van der Waals surface area contributed by atoms with Crippen LogP contribution in [0.25, 0.3) is 0 Å². The van der Waals surface area contributed by atoms with Crippen LogP contribution >= 0.6 is 0 Å². The van der Waals surface area contributed by atoms with E-state index in [1.54, 1.807) is 6.20 Å². The van der Waals surface area contributed by atoms with Gasteiger partial charge in [0.1, 0.15) is 18.1 Å². The second kappa shape index (κ2) is 11.5. The van der Waals surface area contributed by atoms with E-state index in [0.29, 0.717) is 32.3 Å². The van der Waals surface area contributed by atoms with Crippen molar-refractivity contribution in [2.45, 2.75) is 19.9 Å². The molecule has 2 heterocycles. The molecule has 1 atom stereocenters. The number of nitrogens with one attached hydrogen (secondary N) is 1.